The molecule has 0 saturated heterocycles. The van der Waals surface area contributed by atoms with Crippen molar-refractivity contribution in [2.24, 2.45) is 9.98 Å². The predicted molar refractivity (Wildman–Crippen MR) is 109 cm³/mol. The van der Waals surface area contributed by atoms with E-state index in [0.29, 0.717) is 6.04 Å². The number of aliphatic imine (C=N–C) groups is 2. The van der Waals surface area contributed by atoms with Crippen molar-refractivity contribution in [3.63, 3.8) is 0 Å². The van der Waals surface area contributed by atoms with Gasteiger partial charge >= 0.3 is 33.3 Å². The van der Waals surface area contributed by atoms with Gasteiger partial charge in [0.2, 0.25) is 0 Å². The molecule has 2 aromatic rings. The summed E-state index contributed by atoms with van der Waals surface area (Å²) < 4.78 is 0. The molecule has 0 aliphatic heterocycles. The van der Waals surface area contributed by atoms with E-state index in [4.69, 9.17) is 30.2 Å². The Morgan fingerprint density at radius 3 is 2.12 bits per heavy atom. The van der Waals surface area contributed by atoms with Gasteiger partial charge in [-0.15, -0.1) is 11.4 Å². The van der Waals surface area contributed by atoms with E-state index in [9.17, 15) is 0 Å². The molecule has 26 heavy (non-hydrogen) atoms. The van der Waals surface area contributed by atoms with Gasteiger partial charge in [-0.1, -0.05) is 49.6 Å². The molecule has 0 spiro atoms. The minimum atomic E-state index is 0.194. The maximum atomic E-state index is 4.88. The zero-order chi connectivity index (χ0) is 18.8. The maximum absolute atomic E-state index is 4.88. The first-order chi connectivity index (χ1) is 12.6. The first-order valence-corrected chi connectivity index (χ1v) is 11.8. The molecule has 141 valence electrons. The van der Waals surface area contributed by atoms with Crippen LogP contribution in [0.2, 0.25) is 0 Å². The summed E-state index contributed by atoms with van der Waals surface area (Å²) in [5.74, 6) is 0. The average molecular weight is 433 g/mol. The summed E-state index contributed by atoms with van der Waals surface area (Å²) in [5, 5.41) is 0. The zero-order valence-electron chi connectivity index (χ0n) is 15.1. The minimum absolute atomic E-state index is 0.194. The van der Waals surface area contributed by atoms with E-state index in [1.165, 1.54) is 32.1 Å². The van der Waals surface area contributed by atoms with Crippen molar-refractivity contribution in [3.8, 4) is 0 Å². The Labute approximate surface area is 170 Å². The van der Waals surface area contributed by atoms with E-state index in [1.54, 1.807) is 0 Å². The fraction of sp³-hybridized carbons (Fsp3) is 0.400. The van der Waals surface area contributed by atoms with Crippen LogP contribution in [0.5, 0.6) is 0 Å². The third kappa shape index (κ3) is 6.92. The van der Waals surface area contributed by atoms with Crippen LogP contribution < -0.4 is 4.98 Å². The van der Waals surface area contributed by atoms with Gasteiger partial charge in [0.15, 0.2) is 0 Å². The molecule has 1 fully saturated rings. The number of hydrogen-bond acceptors (Lipinski definition) is 2. The molecule has 3 rings (SSSR count). The third-order valence-electron chi connectivity index (χ3n) is 4.39. The Hall–Kier alpha value is -1.06. The van der Waals surface area contributed by atoms with Gasteiger partial charge in [-0.25, -0.2) is 0 Å². The van der Waals surface area contributed by atoms with Crippen LogP contribution in [0.4, 0.5) is 5.69 Å². The number of rotatable bonds is 4. The van der Waals surface area contributed by atoms with Crippen LogP contribution >= 0.6 is 20.2 Å². The van der Waals surface area contributed by atoms with E-state index in [0.717, 1.165) is 28.5 Å². The van der Waals surface area contributed by atoms with Crippen molar-refractivity contribution in [2.45, 2.75) is 52.0 Å². The average Bonchev–Trinajstić information content (AvgIpc) is 3.15. The summed E-state index contributed by atoms with van der Waals surface area (Å²) in [4.78, 5) is 14.2. The van der Waals surface area contributed by atoms with Crippen LogP contribution in [-0.4, -0.2) is 17.5 Å². The van der Waals surface area contributed by atoms with Crippen LogP contribution in [0, 0.1) is 0 Å². The van der Waals surface area contributed by atoms with Crippen molar-refractivity contribution in [3.05, 3.63) is 53.9 Å². The molecule has 1 heterocycles. The second-order valence-electron chi connectivity index (χ2n) is 6.31. The Morgan fingerprint density at radius 2 is 1.50 bits per heavy atom. The summed E-state index contributed by atoms with van der Waals surface area (Å²) >= 11 is 0.194. The molecule has 0 unspecified atom stereocenters. The van der Waals surface area contributed by atoms with Crippen LogP contribution in [-0.2, 0) is 13.1 Å². The molecule has 1 aromatic carbocycles. The Kier molecular flexibility index (Phi) is 9.49. The van der Waals surface area contributed by atoms with Crippen LogP contribution in [0.1, 0.15) is 57.3 Å². The predicted octanol–water partition coefficient (Wildman–Crippen LogP) is 6.30. The van der Waals surface area contributed by atoms with Crippen molar-refractivity contribution < 1.29 is 13.1 Å². The molecule has 1 saturated carbocycles. The molecule has 1 aliphatic rings. The summed E-state index contributed by atoms with van der Waals surface area (Å²) in [6.07, 6.45) is 6.42. The molecule has 0 N–H and O–H groups in total. The number of halogens is 2. The Balaban J connectivity index is 0.000000758. The molecular formula is C20H24Cl2FeN3. The van der Waals surface area contributed by atoms with Gasteiger partial charge in [0, 0.05) is 11.4 Å². The Morgan fingerprint density at radius 1 is 0.923 bits per heavy atom. The van der Waals surface area contributed by atoms with E-state index in [-0.39, 0.29) is 13.1 Å². The fourth-order valence-electron chi connectivity index (χ4n) is 3.07. The van der Waals surface area contributed by atoms with Crippen LogP contribution in [0.15, 0.2) is 52.4 Å². The number of nitrogens with zero attached hydrogens (tertiary/aromatic N) is 3. The summed E-state index contributed by atoms with van der Waals surface area (Å²) in [7, 11) is 9.53. The zero-order valence-corrected chi connectivity index (χ0v) is 17.7. The summed E-state index contributed by atoms with van der Waals surface area (Å²) in [6.45, 7) is 4.08. The van der Waals surface area contributed by atoms with E-state index < -0.39 is 0 Å². The molecule has 0 radical (unpaired) electrons. The number of aromatic nitrogens is 1. The molecule has 0 bridgehead atoms. The molecule has 6 heteroatoms. The van der Waals surface area contributed by atoms with Gasteiger partial charge < -0.3 is 4.98 Å². The van der Waals surface area contributed by atoms with Crippen molar-refractivity contribution >= 4 is 37.3 Å². The molecule has 0 atom stereocenters. The third-order valence-corrected chi connectivity index (χ3v) is 4.39. The normalized spacial score (nSPS) is 16.2. The SMILES string of the molecule is CC(=Nc1ccccc1)c1ccc(C(C)=NC2CCCCC2)[n-]1.[Cl][Fe+][Cl]. The summed E-state index contributed by atoms with van der Waals surface area (Å²) in [6, 6.07) is 14.6. The quantitative estimate of drug-likeness (QED) is 0.412. The van der Waals surface area contributed by atoms with Crippen molar-refractivity contribution in [2.75, 3.05) is 0 Å². The second-order valence-corrected chi connectivity index (χ2v) is 8.13. The first kappa shape index (κ1) is 21.2. The van der Waals surface area contributed by atoms with Gasteiger partial charge in [0.1, 0.15) is 0 Å². The van der Waals surface area contributed by atoms with E-state index >= 15 is 0 Å². The van der Waals surface area contributed by atoms with Crippen LogP contribution in [0.25, 0.3) is 0 Å². The fourth-order valence-corrected chi connectivity index (χ4v) is 3.07. The van der Waals surface area contributed by atoms with Gasteiger partial charge in [-0.3, -0.25) is 9.98 Å². The van der Waals surface area contributed by atoms with E-state index in [1.807, 2.05) is 43.3 Å². The monoisotopic (exact) mass is 432 g/mol. The number of para-hydroxylation sites is 1. The van der Waals surface area contributed by atoms with Crippen molar-refractivity contribution in [1.82, 2.24) is 4.98 Å². The van der Waals surface area contributed by atoms with Crippen molar-refractivity contribution in [1.29, 1.82) is 0 Å². The molecule has 1 aromatic heterocycles. The number of benzene rings is 1. The van der Waals surface area contributed by atoms with Gasteiger partial charge in [-0.2, -0.15) is 0 Å². The molecular weight excluding hydrogens is 409 g/mol. The van der Waals surface area contributed by atoms with Gasteiger partial charge in [-0.05, 0) is 38.8 Å². The topological polar surface area (TPSA) is 38.8 Å². The van der Waals surface area contributed by atoms with Crippen LogP contribution in [0.3, 0.4) is 0 Å². The Bertz CT molecular complexity index is 720. The number of hydrogen-bond donors (Lipinski definition) is 0. The second kappa shape index (κ2) is 11.6. The van der Waals surface area contributed by atoms with E-state index in [2.05, 4.69) is 18.0 Å². The molecule has 1 aliphatic carbocycles. The molecule has 3 nitrogen and oxygen atoms in total. The van der Waals surface area contributed by atoms with Gasteiger partial charge in [0.05, 0.1) is 11.7 Å². The molecule has 0 amide bonds. The van der Waals surface area contributed by atoms with Gasteiger partial charge in [0.25, 0.3) is 0 Å². The first-order valence-electron chi connectivity index (χ1n) is 8.78. The standard InChI is InChI=1S/C20H24N3.2ClH.Fe/c1-15(21-17-9-5-3-6-10-17)19-13-14-20(23-19)16(2)22-18-11-7-4-8-12-18;;;/h3,5-6,9-10,13-14,18H,4,7-8,11-12H2,1-2H3;2*1H;/q-1;;;+3/p-2. The summed E-state index contributed by atoms with van der Waals surface area (Å²) in [5.41, 5.74) is 4.86.